The molecule has 0 bridgehead atoms. The molecule has 0 spiro atoms. The maximum absolute atomic E-state index is 15.6. The molecule has 0 amide bonds. The number of hydrogen-bond acceptors (Lipinski definition) is 9. The summed E-state index contributed by atoms with van der Waals surface area (Å²) in [7, 11) is 1.62. The molecule has 2 N–H and O–H groups in total. The number of nitrogens with zero attached hydrogens (tertiary/aromatic N) is 6. The molecule has 0 saturated carbocycles. The van der Waals surface area contributed by atoms with Crippen LogP contribution < -0.4 is 15.2 Å². The van der Waals surface area contributed by atoms with Gasteiger partial charge in [0.1, 0.15) is 53.3 Å². The van der Waals surface area contributed by atoms with Gasteiger partial charge in [0.2, 0.25) is 0 Å². The van der Waals surface area contributed by atoms with Crippen molar-refractivity contribution in [2.24, 2.45) is 0 Å². The summed E-state index contributed by atoms with van der Waals surface area (Å²) in [5.41, 5.74) is 8.09. The molecule has 42 heavy (non-hydrogen) atoms. The molecule has 3 aromatic heterocycles. The highest BCUT2D eigenvalue weighted by atomic mass is 19.1. The summed E-state index contributed by atoms with van der Waals surface area (Å²) in [5, 5.41) is 5.20. The number of benzene rings is 2. The molecule has 1 fully saturated rings. The van der Waals surface area contributed by atoms with E-state index < -0.39 is 11.6 Å². The van der Waals surface area contributed by atoms with E-state index in [0.717, 1.165) is 18.5 Å². The molecule has 5 aromatic rings. The Hall–Kier alpha value is -4.62. The Balaban J connectivity index is 1.23. The van der Waals surface area contributed by atoms with Crippen LogP contribution in [0.5, 0.6) is 17.2 Å². The average molecular weight is 578 g/mol. The molecule has 6 rings (SSSR count). The lowest BCUT2D eigenvalue weighted by atomic mass is 10.1. The minimum absolute atomic E-state index is 0.0466. The van der Waals surface area contributed by atoms with Crippen LogP contribution in [-0.2, 0) is 22.6 Å². The van der Waals surface area contributed by atoms with Gasteiger partial charge in [0.05, 0.1) is 36.3 Å². The fourth-order valence-electron chi connectivity index (χ4n) is 4.95. The standard InChI is InChI=1S/C29H29F2N7O4/c1-39-9-6-37-17-33-14-20(37)15-41-22-10-18(30)11-23(12-22)42-21-2-3-24(25(31)13-21)27-26-28(32)34-16-35-29(26)38(36-27)19-4-7-40-8-5-19/h2-3,10-14,16-17,19H,4-9,15H2,1H3,(H2,32,34,35). The monoisotopic (exact) mass is 577 g/mol. The second-order valence-electron chi connectivity index (χ2n) is 9.82. The van der Waals surface area contributed by atoms with E-state index in [1.54, 1.807) is 36.4 Å². The van der Waals surface area contributed by atoms with Crippen molar-refractivity contribution in [3.05, 3.63) is 72.6 Å². The molecule has 1 saturated heterocycles. The summed E-state index contributed by atoms with van der Waals surface area (Å²) in [5.74, 6) is -0.372. The lowest BCUT2D eigenvalue weighted by Crippen LogP contribution is -2.20. The molecule has 218 valence electrons. The zero-order chi connectivity index (χ0) is 29.1. The van der Waals surface area contributed by atoms with Crippen LogP contribution in [-0.4, -0.2) is 56.2 Å². The molecule has 0 aliphatic carbocycles. The number of halogens is 2. The third kappa shape index (κ3) is 5.74. The number of anilines is 1. The normalized spacial score (nSPS) is 14.0. The Kier molecular flexibility index (Phi) is 7.93. The minimum Gasteiger partial charge on any atom is -0.487 e. The summed E-state index contributed by atoms with van der Waals surface area (Å²) in [6.45, 7) is 2.51. The highest BCUT2D eigenvalue weighted by Crippen LogP contribution is 2.37. The second kappa shape index (κ2) is 12.1. The number of hydrogen-bond donors (Lipinski definition) is 1. The van der Waals surface area contributed by atoms with E-state index in [1.807, 2.05) is 4.57 Å². The first kappa shape index (κ1) is 27.5. The largest absolute Gasteiger partial charge is 0.487 e. The third-order valence-corrected chi connectivity index (χ3v) is 7.05. The number of nitrogens with two attached hydrogens (primary N) is 1. The smallest absolute Gasteiger partial charge is 0.164 e. The van der Waals surface area contributed by atoms with Gasteiger partial charge in [0, 0.05) is 56.7 Å². The summed E-state index contributed by atoms with van der Waals surface area (Å²) < 4.78 is 55.9. The number of rotatable bonds is 10. The topological polar surface area (TPSA) is 124 Å². The predicted octanol–water partition coefficient (Wildman–Crippen LogP) is 4.92. The molecule has 2 aromatic carbocycles. The number of fused-ring (bicyclic) bond motifs is 1. The van der Waals surface area contributed by atoms with Gasteiger partial charge in [-0.1, -0.05) is 0 Å². The van der Waals surface area contributed by atoms with Crippen LogP contribution in [0, 0.1) is 11.6 Å². The SMILES string of the molecule is COCCn1cncc1COc1cc(F)cc(Oc2ccc(-c3nn(C4CCOCC4)c4ncnc(N)c34)c(F)c2)c1. The summed E-state index contributed by atoms with van der Waals surface area (Å²) in [6, 6.07) is 8.37. The van der Waals surface area contributed by atoms with Gasteiger partial charge in [-0.25, -0.2) is 28.4 Å². The van der Waals surface area contributed by atoms with Crippen LogP contribution >= 0.6 is 0 Å². The van der Waals surface area contributed by atoms with Crippen molar-refractivity contribution in [3.8, 4) is 28.5 Å². The first-order chi connectivity index (χ1) is 20.5. The zero-order valence-corrected chi connectivity index (χ0v) is 22.9. The Morgan fingerprint density at radius 2 is 1.88 bits per heavy atom. The van der Waals surface area contributed by atoms with Crippen molar-refractivity contribution >= 4 is 16.9 Å². The van der Waals surface area contributed by atoms with Gasteiger partial charge in [-0.2, -0.15) is 5.10 Å². The fraction of sp³-hybridized carbons (Fsp3) is 0.310. The molecule has 0 atom stereocenters. The summed E-state index contributed by atoms with van der Waals surface area (Å²) >= 11 is 0. The van der Waals surface area contributed by atoms with E-state index in [2.05, 4.69) is 15.0 Å². The molecule has 0 unspecified atom stereocenters. The van der Waals surface area contributed by atoms with Gasteiger partial charge in [-0.3, -0.25) is 0 Å². The van der Waals surface area contributed by atoms with E-state index in [9.17, 15) is 4.39 Å². The summed E-state index contributed by atoms with van der Waals surface area (Å²) in [4.78, 5) is 12.6. The van der Waals surface area contributed by atoms with Crippen LogP contribution in [0.1, 0.15) is 24.6 Å². The van der Waals surface area contributed by atoms with Crippen LogP contribution in [0.15, 0.2) is 55.2 Å². The second-order valence-corrected chi connectivity index (χ2v) is 9.82. The number of aromatic nitrogens is 6. The van der Waals surface area contributed by atoms with E-state index in [4.69, 9.17) is 29.8 Å². The lowest BCUT2D eigenvalue weighted by Gasteiger charge is -2.22. The maximum atomic E-state index is 15.6. The van der Waals surface area contributed by atoms with Gasteiger partial charge in [0.25, 0.3) is 0 Å². The highest BCUT2D eigenvalue weighted by molar-refractivity contribution is 5.98. The van der Waals surface area contributed by atoms with Crippen LogP contribution in [0.2, 0.25) is 0 Å². The van der Waals surface area contributed by atoms with Crippen molar-refractivity contribution < 1.29 is 27.7 Å². The molecule has 11 nitrogen and oxygen atoms in total. The van der Waals surface area contributed by atoms with Crippen molar-refractivity contribution in [1.82, 2.24) is 29.3 Å². The predicted molar refractivity (Wildman–Crippen MR) is 149 cm³/mol. The molecule has 0 radical (unpaired) electrons. The van der Waals surface area contributed by atoms with Crippen molar-refractivity contribution in [2.75, 3.05) is 32.7 Å². The molecule has 1 aliphatic rings. The van der Waals surface area contributed by atoms with E-state index in [0.29, 0.717) is 43.1 Å². The number of imidazole rings is 1. The summed E-state index contributed by atoms with van der Waals surface area (Å²) in [6.07, 6.45) is 6.24. The van der Waals surface area contributed by atoms with E-state index >= 15 is 4.39 Å². The van der Waals surface area contributed by atoms with Crippen LogP contribution in [0.4, 0.5) is 14.6 Å². The number of ether oxygens (including phenoxy) is 4. The van der Waals surface area contributed by atoms with Crippen molar-refractivity contribution in [3.63, 3.8) is 0 Å². The molecular weight excluding hydrogens is 548 g/mol. The fourth-order valence-corrected chi connectivity index (χ4v) is 4.95. The van der Waals surface area contributed by atoms with Gasteiger partial charge in [-0.15, -0.1) is 0 Å². The first-order valence-electron chi connectivity index (χ1n) is 13.5. The van der Waals surface area contributed by atoms with Crippen molar-refractivity contribution in [2.45, 2.75) is 32.0 Å². The average Bonchev–Trinajstić information content (AvgIpc) is 3.60. The van der Waals surface area contributed by atoms with Gasteiger partial charge >= 0.3 is 0 Å². The molecule has 13 heteroatoms. The Labute approximate surface area is 239 Å². The third-order valence-electron chi connectivity index (χ3n) is 7.05. The van der Waals surface area contributed by atoms with Crippen LogP contribution in [0.25, 0.3) is 22.3 Å². The highest BCUT2D eigenvalue weighted by Gasteiger charge is 2.25. The molecular formula is C29H29F2N7O4. The Bertz CT molecular complexity index is 1700. The zero-order valence-electron chi connectivity index (χ0n) is 22.9. The van der Waals surface area contributed by atoms with E-state index in [1.165, 1.54) is 30.6 Å². The van der Waals surface area contributed by atoms with Crippen LogP contribution in [0.3, 0.4) is 0 Å². The quantitative estimate of drug-likeness (QED) is 0.246. The Morgan fingerprint density at radius 1 is 1.05 bits per heavy atom. The minimum atomic E-state index is -0.591. The van der Waals surface area contributed by atoms with E-state index in [-0.39, 0.29) is 41.3 Å². The maximum Gasteiger partial charge on any atom is 0.164 e. The van der Waals surface area contributed by atoms with Gasteiger partial charge < -0.3 is 29.2 Å². The lowest BCUT2D eigenvalue weighted by molar-refractivity contribution is 0.0674. The Morgan fingerprint density at radius 3 is 2.69 bits per heavy atom. The molecule has 1 aliphatic heterocycles. The first-order valence-corrected chi connectivity index (χ1v) is 13.5. The number of nitrogen functional groups attached to an aromatic ring is 1. The van der Waals surface area contributed by atoms with Crippen molar-refractivity contribution in [1.29, 1.82) is 0 Å². The van der Waals surface area contributed by atoms with Gasteiger partial charge in [-0.05, 0) is 25.0 Å². The number of methoxy groups -OCH3 is 1. The van der Waals surface area contributed by atoms with Gasteiger partial charge in [0.15, 0.2) is 5.65 Å². The molecule has 4 heterocycles.